The summed E-state index contributed by atoms with van der Waals surface area (Å²) in [4.78, 5) is 18.3. The Bertz CT molecular complexity index is 661. The van der Waals surface area contributed by atoms with Gasteiger partial charge in [-0.15, -0.1) is 0 Å². The van der Waals surface area contributed by atoms with Crippen molar-refractivity contribution in [2.75, 3.05) is 33.9 Å². The predicted octanol–water partition coefficient (Wildman–Crippen LogP) is 2.02. The summed E-state index contributed by atoms with van der Waals surface area (Å²) in [7, 11) is 3.39. The molecule has 7 nitrogen and oxygen atoms in total. The van der Waals surface area contributed by atoms with Crippen LogP contribution in [0.15, 0.2) is 23.2 Å². The Morgan fingerprint density at radius 2 is 2.15 bits per heavy atom. The van der Waals surface area contributed by atoms with Crippen LogP contribution in [0.3, 0.4) is 0 Å². The minimum Gasteiger partial charge on any atom is -0.493 e. The first-order valence-corrected chi connectivity index (χ1v) is 9.54. The smallest absolute Gasteiger partial charge is 0.225 e. The van der Waals surface area contributed by atoms with E-state index < -0.39 is 0 Å². The first kappa shape index (κ1) is 20.9. The second-order valence-corrected chi connectivity index (χ2v) is 6.91. The number of nitrogens with zero attached hydrogens (tertiary/aromatic N) is 2. The van der Waals surface area contributed by atoms with Crippen LogP contribution in [0.4, 0.5) is 0 Å². The highest BCUT2D eigenvalue weighted by atomic mass is 16.5. The molecule has 1 unspecified atom stereocenters. The molecule has 27 heavy (non-hydrogen) atoms. The first-order chi connectivity index (χ1) is 13.0. The van der Waals surface area contributed by atoms with E-state index in [0.717, 1.165) is 36.0 Å². The maximum absolute atomic E-state index is 12.1. The average Bonchev–Trinajstić information content (AvgIpc) is 3.13. The molecular formula is C20H32N4O3. The number of carbonyl (C=O) groups is 1. The Morgan fingerprint density at radius 1 is 1.37 bits per heavy atom. The summed E-state index contributed by atoms with van der Waals surface area (Å²) in [5.74, 6) is 2.44. The van der Waals surface area contributed by atoms with E-state index in [1.807, 2.05) is 43.9 Å². The molecule has 1 heterocycles. The molecule has 0 bridgehead atoms. The molecular weight excluding hydrogens is 344 g/mol. The highest BCUT2D eigenvalue weighted by Crippen LogP contribution is 2.27. The Kier molecular flexibility index (Phi) is 7.76. The fourth-order valence-electron chi connectivity index (χ4n) is 3.11. The highest BCUT2D eigenvalue weighted by Gasteiger charge is 2.27. The predicted molar refractivity (Wildman–Crippen MR) is 107 cm³/mol. The largest absolute Gasteiger partial charge is 0.493 e. The molecule has 2 N–H and O–H groups in total. The molecule has 0 spiro atoms. The van der Waals surface area contributed by atoms with Crippen LogP contribution in [0.25, 0.3) is 0 Å². The number of guanidine groups is 1. The van der Waals surface area contributed by atoms with Gasteiger partial charge in [-0.25, -0.2) is 0 Å². The Morgan fingerprint density at radius 3 is 2.78 bits per heavy atom. The Hall–Kier alpha value is -2.44. The van der Waals surface area contributed by atoms with Gasteiger partial charge in [0, 0.05) is 38.6 Å². The molecule has 1 aromatic carbocycles. The molecule has 150 valence electrons. The molecule has 1 aliphatic heterocycles. The first-order valence-electron chi connectivity index (χ1n) is 9.54. The monoisotopic (exact) mass is 376 g/mol. The van der Waals surface area contributed by atoms with Crippen LogP contribution in [0.5, 0.6) is 11.5 Å². The second kappa shape index (κ2) is 10.0. The average molecular weight is 377 g/mol. The number of hydrogen-bond acceptors (Lipinski definition) is 4. The molecule has 7 heteroatoms. The minimum atomic E-state index is 0.0378. The van der Waals surface area contributed by atoms with E-state index >= 15 is 0 Å². The molecule has 1 fully saturated rings. The third-order valence-electron chi connectivity index (χ3n) is 4.55. The van der Waals surface area contributed by atoms with Crippen LogP contribution in [-0.2, 0) is 11.3 Å². The molecule has 1 amide bonds. The summed E-state index contributed by atoms with van der Waals surface area (Å²) in [6.45, 7) is 8.55. The molecule has 0 saturated carbocycles. The normalized spacial score (nSPS) is 17.2. The second-order valence-electron chi connectivity index (χ2n) is 6.91. The molecule has 1 aliphatic rings. The number of methoxy groups -OCH3 is 1. The topological polar surface area (TPSA) is 75.2 Å². The summed E-state index contributed by atoms with van der Waals surface area (Å²) >= 11 is 0. The van der Waals surface area contributed by atoms with Crippen LogP contribution in [0.2, 0.25) is 0 Å². The number of amides is 1. The standard InChI is InChI=1S/C20H32N4O3/c1-6-27-17-8-7-15(11-18(17)26-5)12-22-20(21-4)23-16-9-10-24(13-16)19(25)14(2)3/h7-8,11,14,16H,6,9-10,12-13H2,1-5H3,(H2,21,22,23). The van der Waals surface area contributed by atoms with Gasteiger partial charge in [-0.3, -0.25) is 9.79 Å². The molecule has 0 radical (unpaired) electrons. The molecule has 1 aromatic rings. The fraction of sp³-hybridized carbons (Fsp3) is 0.600. The van der Waals surface area contributed by atoms with E-state index in [0.29, 0.717) is 19.7 Å². The zero-order chi connectivity index (χ0) is 19.8. The van der Waals surface area contributed by atoms with Gasteiger partial charge in [0.05, 0.1) is 13.7 Å². The van der Waals surface area contributed by atoms with Crippen LogP contribution < -0.4 is 20.1 Å². The van der Waals surface area contributed by atoms with E-state index in [-0.39, 0.29) is 17.9 Å². The lowest BCUT2D eigenvalue weighted by Gasteiger charge is -2.20. The van der Waals surface area contributed by atoms with Gasteiger partial charge in [0.15, 0.2) is 17.5 Å². The van der Waals surface area contributed by atoms with Gasteiger partial charge in [-0.1, -0.05) is 19.9 Å². The van der Waals surface area contributed by atoms with Gasteiger partial charge >= 0.3 is 0 Å². The number of ether oxygens (including phenoxy) is 2. The van der Waals surface area contributed by atoms with E-state index in [4.69, 9.17) is 9.47 Å². The van der Waals surface area contributed by atoms with Gasteiger partial charge in [0.1, 0.15) is 0 Å². The fourth-order valence-corrected chi connectivity index (χ4v) is 3.11. The number of likely N-dealkylation sites (tertiary alicyclic amines) is 1. The van der Waals surface area contributed by atoms with Crippen molar-refractivity contribution in [3.05, 3.63) is 23.8 Å². The molecule has 0 aromatic heterocycles. The van der Waals surface area contributed by atoms with Crippen molar-refractivity contribution in [3.8, 4) is 11.5 Å². The van der Waals surface area contributed by atoms with Crippen molar-refractivity contribution in [1.29, 1.82) is 0 Å². The zero-order valence-corrected chi connectivity index (χ0v) is 17.0. The molecule has 1 atom stereocenters. The summed E-state index contributed by atoms with van der Waals surface area (Å²) < 4.78 is 10.9. The van der Waals surface area contributed by atoms with Crippen molar-refractivity contribution in [1.82, 2.24) is 15.5 Å². The van der Waals surface area contributed by atoms with E-state index in [1.54, 1.807) is 14.2 Å². The van der Waals surface area contributed by atoms with Gasteiger partial charge in [-0.2, -0.15) is 0 Å². The molecule has 2 rings (SSSR count). The number of carbonyl (C=O) groups excluding carboxylic acids is 1. The third-order valence-corrected chi connectivity index (χ3v) is 4.55. The van der Waals surface area contributed by atoms with Crippen molar-refractivity contribution < 1.29 is 14.3 Å². The lowest BCUT2D eigenvalue weighted by molar-refractivity contribution is -0.133. The van der Waals surface area contributed by atoms with Gasteiger partial charge < -0.3 is 25.0 Å². The van der Waals surface area contributed by atoms with E-state index in [1.165, 1.54) is 0 Å². The van der Waals surface area contributed by atoms with Crippen LogP contribution >= 0.6 is 0 Å². The SMILES string of the molecule is CCOc1ccc(CNC(=NC)NC2CCN(C(=O)C(C)C)C2)cc1OC. The van der Waals surface area contributed by atoms with Crippen LogP contribution in [-0.4, -0.2) is 56.7 Å². The number of benzene rings is 1. The quantitative estimate of drug-likeness (QED) is 0.562. The summed E-state index contributed by atoms with van der Waals surface area (Å²) in [6, 6.07) is 6.10. The number of nitrogens with one attached hydrogen (secondary N) is 2. The lowest BCUT2D eigenvalue weighted by atomic mass is 10.2. The maximum atomic E-state index is 12.1. The van der Waals surface area contributed by atoms with Crippen molar-refractivity contribution in [3.63, 3.8) is 0 Å². The number of hydrogen-bond donors (Lipinski definition) is 2. The van der Waals surface area contributed by atoms with Gasteiger partial charge in [0.25, 0.3) is 0 Å². The number of rotatable bonds is 7. The highest BCUT2D eigenvalue weighted by molar-refractivity contribution is 5.81. The lowest BCUT2D eigenvalue weighted by Crippen LogP contribution is -2.45. The zero-order valence-electron chi connectivity index (χ0n) is 17.0. The van der Waals surface area contributed by atoms with Crippen molar-refractivity contribution >= 4 is 11.9 Å². The van der Waals surface area contributed by atoms with Crippen LogP contribution in [0.1, 0.15) is 32.8 Å². The molecule has 0 aliphatic carbocycles. The van der Waals surface area contributed by atoms with Gasteiger partial charge in [0.2, 0.25) is 5.91 Å². The number of aliphatic imine (C=N–C) groups is 1. The summed E-state index contributed by atoms with van der Waals surface area (Å²) in [5, 5.41) is 6.73. The summed E-state index contributed by atoms with van der Waals surface area (Å²) in [5.41, 5.74) is 1.07. The van der Waals surface area contributed by atoms with Crippen molar-refractivity contribution in [2.45, 2.75) is 39.8 Å². The Balaban J connectivity index is 1.88. The van der Waals surface area contributed by atoms with Gasteiger partial charge in [-0.05, 0) is 31.0 Å². The van der Waals surface area contributed by atoms with E-state index in [9.17, 15) is 4.79 Å². The molecule has 1 saturated heterocycles. The minimum absolute atomic E-state index is 0.0378. The Labute approximate surface area is 162 Å². The maximum Gasteiger partial charge on any atom is 0.225 e. The van der Waals surface area contributed by atoms with Crippen LogP contribution in [0, 0.1) is 5.92 Å². The summed E-state index contributed by atoms with van der Waals surface area (Å²) in [6.07, 6.45) is 0.927. The van der Waals surface area contributed by atoms with E-state index in [2.05, 4.69) is 15.6 Å². The third kappa shape index (κ3) is 5.77. The van der Waals surface area contributed by atoms with Crippen molar-refractivity contribution in [2.24, 2.45) is 10.9 Å².